The van der Waals surface area contributed by atoms with E-state index in [0.29, 0.717) is 6.54 Å². The van der Waals surface area contributed by atoms with Gasteiger partial charge < -0.3 is 10.4 Å². The maximum atomic E-state index is 9.01. The normalized spacial score (nSPS) is 12.6. The topological polar surface area (TPSA) is 32.3 Å². The van der Waals surface area contributed by atoms with Gasteiger partial charge in [0, 0.05) is 16.7 Å². The molecule has 0 saturated carbocycles. The fraction of sp³-hybridized carbons (Fsp3) is 0.333. The van der Waals surface area contributed by atoms with Crippen LogP contribution in [0.25, 0.3) is 0 Å². The summed E-state index contributed by atoms with van der Waals surface area (Å²) in [4.78, 5) is 0. The van der Waals surface area contributed by atoms with Crippen molar-refractivity contribution in [1.29, 1.82) is 0 Å². The first kappa shape index (κ1) is 9.55. The Morgan fingerprint density at radius 2 is 2.33 bits per heavy atom. The number of nitrogens with one attached hydrogen (secondary N) is 1. The molecule has 66 valence electrons. The first-order valence-corrected chi connectivity index (χ1v) is 4.65. The molecule has 0 amide bonds. The van der Waals surface area contributed by atoms with E-state index in [-0.39, 0.29) is 6.10 Å². The molecule has 0 fully saturated rings. The Morgan fingerprint density at radius 1 is 1.58 bits per heavy atom. The van der Waals surface area contributed by atoms with Crippen LogP contribution in [0.5, 0.6) is 0 Å². The number of benzene rings is 1. The Labute approximate surface area is 80.7 Å². The molecule has 1 atom stereocenters. The van der Waals surface area contributed by atoms with E-state index in [4.69, 9.17) is 5.11 Å². The van der Waals surface area contributed by atoms with Crippen molar-refractivity contribution in [2.75, 3.05) is 11.9 Å². The molecule has 12 heavy (non-hydrogen) atoms. The molecular formula is C9H12BrNO. The summed E-state index contributed by atoms with van der Waals surface area (Å²) in [6, 6.07) is 7.86. The monoisotopic (exact) mass is 229 g/mol. The van der Waals surface area contributed by atoms with Gasteiger partial charge in [0.2, 0.25) is 0 Å². The average Bonchev–Trinajstić information content (AvgIpc) is 2.01. The van der Waals surface area contributed by atoms with Crippen LogP contribution in [0.15, 0.2) is 28.7 Å². The molecule has 0 heterocycles. The number of aliphatic hydroxyl groups excluding tert-OH is 1. The molecule has 1 rings (SSSR count). The third-order valence-corrected chi connectivity index (χ3v) is 1.92. The lowest BCUT2D eigenvalue weighted by molar-refractivity contribution is 0.208. The molecule has 0 spiro atoms. The smallest absolute Gasteiger partial charge is 0.0684 e. The highest BCUT2D eigenvalue weighted by Crippen LogP contribution is 2.15. The molecular weight excluding hydrogens is 218 g/mol. The number of halogens is 1. The lowest BCUT2D eigenvalue weighted by atomic mass is 10.3. The van der Waals surface area contributed by atoms with Crippen molar-refractivity contribution in [1.82, 2.24) is 0 Å². The maximum absolute atomic E-state index is 9.01. The molecule has 0 bridgehead atoms. The van der Waals surface area contributed by atoms with E-state index in [0.717, 1.165) is 10.2 Å². The van der Waals surface area contributed by atoms with Crippen LogP contribution >= 0.6 is 15.9 Å². The zero-order valence-corrected chi connectivity index (χ0v) is 8.51. The summed E-state index contributed by atoms with van der Waals surface area (Å²) >= 11 is 3.37. The van der Waals surface area contributed by atoms with Crippen molar-refractivity contribution < 1.29 is 5.11 Å². The quantitative estimate of drug-likeness (QED) is 0.834. The van der Waals surface area contributed by atoms with Crippen LogP contribution in [0.4, 0.5) is 5.69 Å². The lowest BCUT2D eigenvalue weighted by Gasteiger charge is -2.07. The van der Waals surface area contributed by atoms with Gasteiger partial charge in [-0.2, -0.15) is 0 Å². The molecule has 2 N–H and O–H groups in total. The van der Waals surface area contributed by atoms with E-state index < -0.39 is 0 Å². The Kier molecular flexibility index (Phi) is 3.56. The Bertz CT molecular complexity index is 250. The second kappa shape index (κ2) is 4.48. The van der Waals surface area contributed by atoms with Crippen LogP contribution < -0.4 is 5.32 Å². The molecule has 0 radical (unpaired) electrons. The second-order valence-corrected chi connectivity index (χ2v) is 3.66. The van der Waals surface area contributed by atoms with Crippen LogP contribution in [0.1, 0.15) is 6.92 Å². The van der Waals surface area contributed by atoms with E-state index in [9.17, 15) is 0 Å². The summed E-state index contributed by atoms with van der Waals surface area (Å²) in [5.74, 6) is 0. The second-order valence-electron chi connectivity index (χ2n) is 2.74. The van der Waals surface area contributed by atoms with Gasteiger partial charge in [0.15, 0.2) is 0 Å². The third-order valence-electron chi connectivity index (χ3n) is 1.43. The molecule has 0 saturated heterocycles. The van der Waals surface area contributed by atoms with Gasteiger partial charge in [-0.15, -0.1) is 0 Å². The maximum Gasteiger partial charge on any atom is 0.0684 e. The van der Waals surface area contributed by atoms with Crippen molar-refractivity contribution >= 4 is 21.6 Å². The fourth-order valence-corrected chi connectivity index (χ4v) is 1.26. The van der Waals surface area contributed by atoms with Crippen molar-refractivity contribution in [3.63, 3.8) is 0 Å². The van der Waals surface area contributed by atoms with E-state index in [1.807, 2.05) is 24.3 Å². The molecule has 2 nitrogen and oxygen atoms in total. The zero-order chi connectivity index (χ0) is 8.97. The molecule has 0 aliphatic carbocycles. The minimum absolute atomic E-state index is 0.316. The summed E-state index contributed by atoms with van der Waals surface area (Å²) in [5, 5.41) is 12.1. The van der Waals surface area contributed by atoms with Crippen LogP contribution in [-0.4, -0.2) is 17.8 Å². The third kappa shape index (κ3) is 3.24. The van der Waals surface area contributed by atoms with Gasteiger partial charge in [-0.1, -0.05) is 22.0 Å². The van der Waals surface area contributed by atoms with E-state index >= 15 is 0 Å². The first-order chi connectivity index (χ1) is 5.68. The number of anilines is 1. The van der Waals surface area contributed by atoms with Crippen LogP contribution in [-0.2, 0) is 0 Å². The minimum Gasteiger partial charge on any atom is -0.392 e. The number of hydrogen-bond donors (Lipinski definition) is 2. The molecule has 3 heteroatoms. The van der Waals surface area contributed by atoms with Crippen molar-refractivity contribution in [2.24, 2.45) is 0 Å². The van der Waals surface area contributed by atoms with Gasteiger partial charge in [0.05, 0.1) is 6.10 Å². The molecule has 0 unspecified atom stereocenters. The molecule has 1 aromatic carbocycles. The standard InChI is InChI=1S/C9H12BrNO/c1-7(12)6-11-9-4-2-3-8(10)5-9/h2-5,7,11-12H,6H2,1H3/t7-/m0/s1. The van der Waals surface area contributed by atoms with E-state index in [2.05, 4.69) is 21.2 Å². The molecule has 0 aliphatic rings. The highest BCUT2D eigenvalue weighted by Gasteiger charge is 1.95. The molecule has 1 aromatic rings. The van der Waals surface area contributed by atoms with Gasteiger partial charge in [0.1, 0.15) is 0 Å². The Balaban J connectivity index is 2.52. The Hall–Kier alpha value is -0.540. The van der Waals surface area contributed by atoms with Crippen molar-refractivity contribution in [3.05, 3.63) is 28.7 Å². The van der Waals surface area contributed by atoms with Crippen molar-refractivity contribution in [2.45, 2.75) is 13.0 Å². The predicted octanol–water partition coefficient (Wildman–Crippen LogP) is 2.24. The Morgan fingerprint density at radius 3 is 2.92 bits per heavy atom. The SMILES string of the molecule is C[C@H](O)CNc1cccc(Br)c1. The summed E-state index contributed by atoms with van der Waals surface area (Å²) in [7, 11) is 0. The lowest BCUT2D eigenvalue weighted by Crippen LogP contribution is -2.15. The van der Waals surface area contributed by atoms with E-state index in [1.54, 1.807) is 6.92 Å². The largest absolute Gasteiger partial charge is 0.392 e. The van der Waals surface area contributed by atoms with Gasteiger partial charge in [-0.3, -0.25) is 0 Å². The van der Waals surface area contributed by atoms with E-state index in [1.165, 1.54) is 0 Å². The van der Waals surface area contributed by atoms with Crippen LogP contribution in [0.3, 0.4) is 0 Å². The van der Waals surface area contributed by atoms with Crippen LogP contribution in [0.2, 0.25) is 0 Å². The molecule has 0 aromatic heterocycles. The molecule has 0 aliphatic heterocycles. The predicted molar refractivity (Wildman–Crippen MR) is 54.3 cm³/mol. The van der Waals surface area contributed by atoms with Gasteiger partial charge >= 0.3 is 0 Å². The van der Waals surface area contributed by atoms with Crippen molar-refractivity contribution in [3.8, 4) is 0 Å². The fourth-order valence-electron chi connectivity index (χ4n) is 0.864. The summed E-state index contributed by atoms with van der Waals surface area (Å²) in [6.45, 7) is 2.33. The minimum atomic E-state index is -0.316. The summed E-state index contributed by atoms with van der Waals surface area (Å²) in [6.07, 6.45) is -0.316. The van der Waals surface area contributed by atoms with Gasteiger partial charge in [-0.05, 0) is 25.1 Å². The number of rotatable bonds is 3. The number of aliphatic hydroxyl groups is 1. The highest BCUT2D eigenvalue weighted by atomic mass is 79.9. The average molecular weight is 230 g/mol. The zero-order valence-electron chi connectivity index (χ0n) is 6.92. The first-order valence-electron chi connectivity index (χ1n) is 3.86. The van der Waals surface area contributed by atoms with Crippen LogP contribution in [0, 0.1) is 0 Å². The summed E-state index contributed by atoms with van der Waals surface area (Å²) in [5.41, 5.74) is 1.02. The van der Waals surface area contributed by atoms with Gasteiger partial charge in [-0.25, -0.2) is 0 Å². The number of hydrogen-bond acceptors (Lipinski definition) is 2. The summed E-state index contributed by atoms with van der Waals surface area (Å²) < 4.78 is 1.04. The van der Waals surface area contributed by atoms with Gasteiger partial charge in [0.25, 0.3) is 0 Å². The highest BCUT2D eigenvalue weighted by molar-refractivity contribution is 9.10.